The minimum Gasteiger partial charge on any atom is -0.476 e. The van der Waals surface area contributed by atoms with Gasteiger partial charge in [-0.25, -0.2) is 14.6 Å². The average molecular weight is 237 g/mol. The Bertz CT molecular complexity index is 438. The minimum absolute atomic E-state index is 0.168. The first-order valence-corrected chi connectivity index (χ1v) is 5.07. The third kappa shape index (κ3) is 4.10. The molecule has 0 aliphatic carbocycles. The van der Waals surface area contributed by atoms with Gasteiger partial charge in [-0.3, -0.25) is 0 Å². The van der Waals surface area contributed by atoms with Gasteiger partial charge in [-0.15, -0.1) is 0 Å². The maximum atomic E-state index is 11.6. The second kappa shape index (κ2) is 4.82. The van der Waals surface area contributed by atoms with Crippen LogP contribution in [0.5, 0.6) is 0 Å². The van der Waals surface area contributed by atoms with Crippen LogP contribution in [0.3, 0.4) is 0 Å². The summed E-state index contributed by atoms with van der Waals surface area (Å²) in [4.78, 5) is 26.1. The van der Waals surface area contributed by atoms with E-state index in [1.54, 1.807) is 6.07 Å². The summed E-state index contributed by atoms with van der Waals surface area (Å²) < 4.78 is 0. The van der Waals surface area contributed by atoms with Gasteiger partial charge in [0.1, 0.15) is 0 Å². The standard InChI is InChI=1S/C11H15N3O3/c1-11(2,3)14-10(17)13-7-5-4-6-12-8(7)9(15)16/h4-6H,1-3H3,(H,15,16)(H2,13,14,17). The van der Waals surface area contributed by atoms with E-state index >= 15 is 0 Å². The highest BCUT2D eigenvalue weighted by atomic mass is 16.4. The maximum Gasteiger partial charge on any atom is 0.356 e. The van der Waals surface area contributed by atoms with Crippen LogP contribution in [0.15, 0.2) is 18.3 Å². The van der Waals surface area contributed by atoms with Crippen LogP contribution >= 0.6 is 0 Å². The molecule has 0 unspecified atom stereocenters. The lowest BCUT2D eigenvalue weighted by molar-refractivity contribution is 0.0692. The monoisotopic (exact) mass is 237 g/mol. The molecule has 0 aromatic carbocycles. The summed E-state index contributed by atoms with van der Waals surface area (Å²) in [5.41, 5.74) is -0.409. The predicted molar refractivity (Wildman–Crippen MR) is 63.1 cm³/mol. The first kappa shape index (κ1) is 13.0. The molecule has 0 atom stereocenters. The van der Waals surface area contributed by atoms with Crippen molar-refractivity contribution in [3.05, 3.63) is 24.0 Å². The number of nitrogens with zero attached hydrogens (tertiary/aromatic N) is 1. The van der Waals surface area contributed by atoms with Crippen molar-refractivity contribution in [1.29, 1.82) is 0 Å². The molecule has 1 aromatic heterocycles. The number of anilines is 1. The Balaban J connectivity index is 2.82. The van der Waals surface area contributed by atoms with Gasteiger partial charge in [-0.2, -0.15) is 0 Å². The second-order valence-corrected chi connectivity index (χ2v) is 4.53. The molecule has 1 heterocycles. The Morgan fingerprint density at radius 3 is 2.53 bits per heavy atom. The molecule has 0 aliphatic heterocycles. The number of carbonyl (C=O) groups excluding carboxylic acids is 1. The number of nitrogens with one attached hydrogen (secondary N) is 2. The van der Waals surface area contributed by atoms with Gasteiger partial charge in [-0.05, 0) is 32.9 Å². The molecule has 0 saturated carbocycles. The zero-order valence-corrected chi connectivity index (χ0v) is 9.94. The molecule has 0 bridgehead atoms. The molecule has 17 heavy (non-hydrogen) atoms. The number of hydrogen-bond acceptors (Lipinski definition) is 3. The molecule has 92 valence electrons. The summed E-state index contributed by atoms with van der Waals surface area (Å²) in [5.74, 6) is -1.18. The van der Waals surface area contributed by atoms with Gasteiger partial charge in [-0.1, -0.05) is 0 Å². The van der Waals surface area contributed by atoms with Crippen molar-refractivity contribution in [3.8, 4) is 0 Å². The molecule has 0 aliphatic rings. The zero-order valence-electron chi connectivity index (χ0n) is 9.94. The summed E-state index contributed by atoms with van der Waals surface area (Å²) in [6.45, 7) is 5.48. The van der Waals surface area contributed by atoms with E-state index in [0.717, 1.165) is 0 Å². The molecule has 3 N–H and O–H groups in total. The number of aromatic nitrogens is 1. The molecular formula is C11H15N3O3. The van der Waals surface area contributed by atoms with E-state index in [0.29, 0.717) is 0 Å². The Labute approximate surface area is 99.1 Å². The van der Waals surface area contributed by atoms with Gasteiger partial charge in [0.25, 0.3) is 0 Å². The van der Waals surface area contributed by atoms with Gasteiger partial charge < -0.3 is 15.7 Å². The number of carboxylic acid groups (broad SMARTS) is 1. The highest BCUT2D eigenvalue weighted by Crippen LogP contribution is 2.12. The van der Waals surface area contributed by atoms with Crippen LogP contribution in [0.4, 0.5) is 10.5 Å². The Morgan fingerprint density at radius 1 is 1.35 bits per heavy atom. The van der Waals surface area contributed by atoms with E-state index in [-0.39, 0.29) is 11.4 Å². The number of carbonyl (C=O) groups is 2. The largest absolute Gasteiger partial charge is 0.476 e. The molecule has 0 spiro atoms. The lowest BCUT2D eigenvalue weighted by Gasteiger charge is -2.20. The highest BCUT2D eigenvalue weighted by molar-refractivity contribution is 5.98. The fraction of sp³-hybridized carbons (Fsp3) is 0.364. The smallest absolute Gasteiger partial charge is 0.356 e. The number of urea groups is 1. The molecule has 6 nitrogen and oxygen atoms in total. The molecular weight excluding hydrogens is 222 g/mol. The van der Waals surface area contributed by atoms with Gasteiger partial charge in [0.05, 0.1) is 5.69 Å². The van der Waals surface area contributed by atoms with Crippen molar-refractivity contribution in [2.45, 2.75) is 26.3 Å². The number of hydrogen-bond donors (Lipinski definition) is 3. The van der Waals surface area contributed by atoms with Crippen molar-refractivity contribution in [2.75, 3.05) is 5.32 Å². The quantitative estimate of drug-likeness (QED) is 0.730. The van der Waals surface area contributed by atoms with Gasteiger partial charge in [0.2, 0.25) is 0 Å². The van der Waals surface area contributed by atoms with Crippen molar-refractivity contribution >= 4 is 17.7 Å². The molecule has 0 saturated heterocycles. The molecule has 1 rings (SSSR count). The lowest BCUT2D eigenvalue weighted by atomic mass is 10.1. The highest BCUT2D eigenvalue weighted by Gasteiger charge is 2.17. The van der Waals surface area contributed by atoms with E-state index in [4.69, 9.17) is 5.11 Å². The van der Waals surface area contributed by atoms with Crippen molar-refractivity contribution in [2.24, 2.45) is 0 Å². The first-order valence-electron chi connectivity index (χ1n) is 5.07. The summed E-state index contributed by atoms with van der Waals surface area (Å²) in [7, 11) is 0. The number of rotatable bonds is 2. The molecule has 6 heteroatoms. The average Bonchev–Trinajstić information content (AvgIpc) is 2.14. The summed E-state index contributed by atoms with van der Waals surface area (Å²) in [6, 6.07) is 2.57. The van der Waals surface area contributed by atoms with Crippen LogP contribution in [0.1, 0.15) is 31.3 Å². The fourth-order valence-corrected chi connectivity index (χ4v) is 1.17. The number of pyridine rings is 1. The summed E-state index contributed by atoms with van der Waals surface area (Å²) in [5, 5.41) is 14.0. The van der Waals surface area contributed by atoms with Crippen LogP contribution in [-0.2, 0) is 0 Å². The van der Waals surface area contributed by atoms with Crippen LogP contribution in [-0.4, -0.2) is 27.6 Å². The van der Waals surface area contributed by atoms with Crippen LogP contribution in [0.25, 0.3) is 0 Å². The molecule has 2 amide bonds. The maximum absolute atomic E-state index is 11.6. The molecule has 1 aromatic rings. The Hall–Kier alpha value is -2.11. The normalized spacial score (nSPS) is 10.8. The summed E-state index contributed by atoms with van der Waals surface area (Å²) in [6.07, 6.45) is 1.36. The number of amides is 2. The molecule has 0 radical (unpaired) electrons. The number of carboxylic acids is 1. The van der Waals surface area contributed by atoms with Crippen molar-refractivity contribution in [1.82, 2.24) is 10.3 Å². The van der Waals surface area contributed by atoms with E-state index in [9.17, 15) is 9.59 Å². The van der Waals surface area contributed by atoms with E-state index in [1.165, 1.54) is 12.3 Å². The minimum atomic E-state index is -1.18. The van der Waals surface area contributed by atoms with Gasteiger partial charge in [0, 0.05) is 11.7 Å². The molecule has 0 fully saturated rings. The number of aromatic carboxylic acids is 1. The SMILES string of the molecule is CC(C)(C)NC(=O)Nc1cccnc1C(=O)O. The Morgan fingerprint density at radius 2 is 2.00 bits per heavy atom. The van der Waals surface area contributed by atoms with Gasteiger partial charge >= 0.3 is 12.0 Å². The Kier molecular flexibility index (Phi) is 3.67. The van der Waals surface area contributed by atoms with Gasteiger partial charge in [0.15, 0.2) is 5.69 Å². The third-order valence-corrected chi connectivity index (χ3v) is 1.75. The predicted octanol–water partition coefficient (Wildman–Crippen LogP) is 1.70. The fourth-order valence-electron chi connectivity index (χ4n) is 1.17. The van der Waals surface area contributed by atoms with Crippen molar-refractivity contribution < 1.29 is 14.7 Å². The van der Waals surface area contributed by atoms with Crippen molar-refractivity contribution in [3.63, 3.8) is 0 Å². The van der Waals surface area contributed by atoms with Crippen LogP contribution in [0, 0.1) is 0 Å². The van der Waals surface area contributed by atoms with Crippen LogP contribution in [0.2, 0.25) is 0 Å². The van der Waals surface area contributed by atoms with E-state index in [1.807, 2.05) is 20.8 Å². The summed E-state index contributed by atoms with van der Waals surface area (Å²) >= 11 is 0. The third-order valence-electron chi connectivity index (χ3n) is 1.75. The lowest BCUT2D eigenvalue weighted by Crippen LogP contribution is -2.43. The topological polar surface area (TPSA) is 91.3 Å². The van der Waals surface area contributed by atoms with Crippen LogP contribution < -0.4 is 10.6 Å². The van der Waals surface area contributed by atoms with E-state index in [2.05, 4.69) is 15.6 Å². The van der Waals surface area contributed by atoms with E-state index < -0.39 is 17.5 Å². The first-order chi connectivity index (χ1) is 7.79. The zero-order chi connectivity index (χ0) is 13.1. The second-order valence-electron chi connectivity index (χ2n) is 4.53.